The minimum Gasteiger partial charge on any atom is -0.356 e. The van der Waals surface area contributed by atoms with E-state index < -0.39 is 10.8 Å². The maximum atomic E-state index is 12.8. The summed E-state index contributed by atoms with van der Waals surface area (Å²) in [6.07, 6.45) is 2.35. The van der Waals surface area contributed by atoms with Gasteiger partial charge in [-0.2, -0.15) is 0 Å². The van der Waals surface area contributed by atoms with Crippen LogP contribution in [0, 0.1) is 0 Å². The number of anilines is 1. The van der Waals surface area contributed by atoms with E-state index in [1.54, 1.807) is 24.3 Å². The third-order valence-corrected chi connectivity index (χ3v) is 6.19. The summed E-state index contributed by atoms with van der Waals surface area (Å²) in [5.41, 5.74) is 1.76. The summed E-state index contributed by atoms with van der Waals surface area (Å²) < 4.78 is 12.8. The van der Waals surface area contributed by atoms with E-state index >= 15 is 0 Å². The van der Waals surface area contributed by atoms with Crippen molar-refractivity contribution in [3.8, 4) is 11.4 Å². The summed E-state index contributed by atoms with van der Waals surface area (Å²) in [6.45, 7) is 2.01. The molecule has 1 saturated heterocycles. The molecule has 6 heteroatoms. The Kier molecular flexibility index (Phi) is 5.50. The molecule has 0 aliphatic carbocycles. The van der Waals surface area contributed by atoms with Gasteiger partial charge in [-0.25, -0.2) is 9.97 Å². The Morgan fingerprint density at radius 1 is 0.963 bits per heavy atom. The van der Waals surface area contributed by atoms with E-state index in [0.717, 1.165) is 35.1 Å². The quantitative estimate of drug-likeness (QED) is 0.625. The lowest BCUT2D eigenvalue weighted by Gasteiger charge is -2.18. The van der Waals surface area contributed by atoms with Gasteiger partial charge in [0.1, 0.15) is 5.82 Å². The molecule has 1 aromatic heterocycles. The van der Waals surface area contributed by atoms with Crippen molar-refractivity contribution in [3.05, 3.63) is 71.4 Å². The Morgan fingerprint density at radius 2 is 1.67 bits per heavy atom. The number of rotatable bonds is 5. The van der Waals surface area contributed by atoms with Gasteiger partial charge in [0.15, 0.2) is 5.82 Å². The molecule has 0 radical (unpaired) electrons. The first-order valence-electron chi connectivity index (χ1n) is 9.01. The number of hydrogen-bond donors (Lipinski definition) is 0. The standard InChI is InChI=1S/C21H20ClN3OS/c22-17-8-10-19(11-9-17)27(26)15-18-14-20(25-12-4-5-13-25)24-21(23-18)16-6-2-1-3-7-16/h1-3,6-11,14H,4-5,12-13,15H2/t27-/m1/s1. The van der Waals surface area contributed by atoms with Gasteiger partial charge in [-0.3, -0.25) is 4.21 Å². The third-order valence-electron chi connectivity index (χ3n) is 4.58. The van der Waals surface area contributed by atoms with Gasteiger partial charge < -0.3 is 4.90 Å². The monoisotopic (exact) mass is 397 g/mol. The van der Waals surface area contributed by atoms with E-state index in [2.05, 4.69) is 4.90 Å². The summed E-state index contributed by atoms with van der Waals surface area (Å²) in [4.78, 5) is 12.5. The van der Waals surface area contributed by atoms with Crippen LogP contribution in [0.1, 0.15) is 18.5 Å². The molecule has 27 heavy (non-hydrogen) atoms. The Balaban J connectivity index is 1.67. The van der Waals surface area contributed by atoms with Crippen molar-refractivity contribution < 1.29 is 4.21 Å². The van der Waals surface area contributed by atoms with Crippen LogP contribution in [0.2, 0.25) is 5.02 Å². The summed E-state index contributed by atoms with van der Waals surface area (Å²) in [6, 6.07) is 19.1. The Labute approximate surface area is 166 Å². The molecule has 1 fully saturated rings. The maximum absolute atomic E-state index is 12.8. The van der Waals surface area contributed by atoms with Gasteiger partial charge in [-0.1, -0.05) is 41.9 Å². The summed E-state index contributed by atoms with van der Waals surface area (Å²) in [5.74, 6) is 1.96. The van der Waals surface area contributed by atoms with Crippen molar-refractivity contribution in [2.45, 2.75) is 23.5 Å². The minimum absolute atomic E-state index is 0.352. The molecule has 0 N–H and O–H groups in total. The van der Waals surface area contributed by atoms with E-state index in [4.69, 9.17) is 21.6 Å². The molecule has 0 saturated carbocycles. The zero-order valence-corrected chi connectivity index (χ0v) is 16.4. The second kappa shape index (κ2) is 8.19. The summed E-state index contributed by atoms with van der Waals surface area (Å²) in [5, 5.41) is 0.639. The molecular weight excluding hydrogens is 378 g/mol. The molecule has 0 amide bonds. The zero-order valence-electron chi connectivity index (χ0n) is 14.8. The van der Waals surface area contributed by atoms with Crippen LogP contribution >= 0.6 is 11.6 Å². The first-order valence-corrected chi connectivity index (χ1v) is 10.7. The predicted octanol–water partition coefficient (Wildman–Crippen LogP) is 4.71. The van der Waals surface area contributed by atoms with Crippen molar-refractivity contribution in [2.24, 2.45) is 0 Å². The highest BCUT2D eigenvalue weighted by Crippen LogP contribution is 2.24. The lowest BCUT2D eigenvalue weighted by molar-refractivity contribution is 0.682. The topological polar surface area (TPSA) is 46.1 Å². The molecule has 138 valence electrons. The largest absolute Gasteiger partial charge is 0.356 e. The first kappa shape index (κ1) is 18.1. The summed E-state index contributed by atoms with van der Waals surface area (Å²) in [7, 11) is -1.18. The molecule has 1 atom stereocenters. The van der Waals surface area contributed by atoms with Crippen LogP contribution in [0.3, 0.4) is 0 Å². The van der Waals surface area contributed by atoms with Gasteiger partial charge in [0.05, 0.1) is 22.2 Å². The van der Waals surface area contributed by atoms with Crippen molar-refractivity contribution in [2.75, 3.05) is 18.0 Å². The molecule has 0 bridgehead atoms. The highest BCUT2D eigenvalue weighted by molar-refractivity contribution is 7.84. The van der Waals surface area contributed by atoms with Gasteiger partial charge in [-0.05, 0) is 37.1 Å². The third kappa shape index (κ3) is 4.37. The van der Waals surface area contributed by atoms with E-state index in [-0.39, 0.29) is 0 Å². The molecule has 0 spiro atoms. The van der Waals surface area contributed by atoms with Crippen LogP contribution in [-0.4, -0.2) is 27.3 Å². The number of nitrogens with zero attached hydrogens (tertiary/aromatic N) is 3. The number of hydrogen-bond acceptors (Lipinski definition) is 4. The van der Waals surface area contributed by atoms with Gasteiger partial charge in [-0.15, -0.1) is 0 Å². The van der Waals surface area contributed by atoms with Crippen LogP contribution in [0.4, 0.5) is 5.82 Å². The fraction of sp³-hybridized carbons (Fsp3) is 0.238. The van der Waals surface area contributed by atoms with Crippen LogP contribution in [0.5, 0.6) is 0 Å². The highest BCUT2D eigenvalue weighted by Gasteiger charge is 2.17. The minimum atomic E-state index is -1.18. The Bertz CT molecular complexity index is 941. The lowest BCUT2D eigenvalue weighted by atomic mass is 10.2. The summed E-state index contributed by atoms with van der Waals surface area (Å²) >= 11 is 5.93. The fourth-order valence-electron chi connectivity index (χ4n) is 3.19. The lowest BCUT2D eigenvalue weighted by Crippen LogP contribution is -2.20. The van der Waals surface area contributed by atoms with Crippen LogP contribution in [0.25, 0.3) is 11.4 Å². The van der Waals surface area contributed by atoms with Gasteiger partial charge in [0.25, 0.3) is 0 Å². The van der Waals surface area contributed by atoms with Gasteiger partial charge in [0, 0.05) is 34.6 Å². The van der Waals surface area contributed by atoms with Crippen LogP contribution in [-0.2, 0) is 16.6 Å². The molecule has 1 aliphatic heterocycles. The van der Waals surface area contributed by atoms with Gasteiger partial charge >= 0.3 is 0 Å². The van der Waals surface area contributed by atoms with Crippen LogP contribution < -0.4 is 4.90 Å². The van der Waals surface area contributed by atoms with Crippen molar-refractivity contribution in [3.63, 3.8) is 0 Å². The van der Waals surface area contributed by atoms with Crippen molar-refractivity contribution in [1.82, 2.24) is 9.97 Å². The molecule has 3 aromatic rings. The number of benzene rings is 2. The second-order valence-corrected chi connectivity index (χ2v) is 8.43. The molecule has 2 heterocycles. The Morgan fingerprint density at radius 3 is 2.37 bits per heavy atom. The van der Waals surface area contributed by atoms with Crippen molar-refractivity contribution >= 4 is 28.2 Å². The normalized spacial score (nSPS) is 15.1. The van der Waals surface area contributed by atoms with E-state index in [0.29, 0.717) is 16.6 Å². The molecule has 1 aliphatic rings. The molecular formula is C21H20ClN3OS. The second-order valence-electron chi connectivity index (χ2n) is 6.55. The van der Waals surface area contributed by atoms with Crippen molar-refractivity contribution in [1.29, 1.82) is 0 Å². The maximum Gasteiger partial charge on any atom is 0.161 e. The first-order chi connectivity index (χ1) is 13.2. The van der Waals surface area contributed by atoms with Gasteiger partial charge in [0.2, 0.25) is 0 Å². The zero-order chi connectivity index (χ0) is 18.6. The average Bonchev–Trinajstić information content (AvgIpc) is 3.24. The molecule has 4 rings (SSSR count). The fourth-order valence-corrected chi connectivity index (χ4v) is 4.33. The predicted molar refractivity (Wildman–Crippen MR) is 110 cm³/mol. The number of halogens is 1. The average molecular weight is 398 g/mol. The highest BCUT2D eigenvalue weighted by atomic mass is 35.5. The van der Waals surface area contributed by atoms with E-state index in [1.165, 1.54) is 12.8 Å². The van der Waals surface area contributed by atoms with E-state index in [1.807, 2.05) is 36.4 Å². The molecule has 2 aromatic carbocycles. The van der Waals surface area contributed by atoms with Crippen LogP contribution in [0.15, 0.2) is 65.6 Å². The van der Waals surface area contributed by atoms with E-state index in [9.17, 15) is 4.21 Å². The Hall–Kier alpha value is -2.24. The SMILES string of the molecule is O=[S@](Cc1cc(N2CCCC2)nc(-c2ccccc2)n1)c1ccc(Cl)cc1. The smallest absolute Gasteiger partial charge is 0.161 e. The number of aromatic nitrogens is 2. The molecule has 4 nitrogen and oxygen atoms in total. The molecule has 0 unspecified atom stereocenters.